The fourth-order valence-electron chi connectivity index (χ4n) is 7.07. The Kier molecular flexibility index (Phi) is 8.66. The molecule has 0 radical (unpaired) electrons. The largest absolute Gasteiger partial charge is 0.471 e. The van der Waals surface area contributed by atoms with Gasteiger partial charge in [0, 0.05) is 42.7 Å². The molecular formula is C33H38F3N3O2. The molecule has 1 saturated carbocycles. The molecule has 1 saturated heterocycles. The third kappa shape index (κ3) is 6.74. The summed E-state index contributed by atoms with van der Waals surface area (Å²) in [5.41, 5.74) is 2.31. The molecule has 3 aromatic rings. The van der Waals surface area contributed by atoms with E-state index in [4.69, 9.17) is 0 Å². The predicted molar refractivity (Wildman–Crippen MR) is 153 cm³/mol. The maximum atomic E-state index is 14.0. The van der Waals surface area contributed by atoms with Gasteiger partial charge >= 0.3 is 12.1 Å². The number of hydrogen-bond donors (Lipinski definition) is 0. The quantitative estimate of drug-likeness (QED) is 0.330. The Morgan fingerprint density at radius 3 is 2.32 bits per heavy atom. The average Bonchev–Trinajstić information content (AvgIpc) is 2.95. The number of pyridine rings is 1. The Morgan fingerprint density at radius 2 is 1.61 bits per heavy atom. The van der Waals surface area contributed by atoms with E-state index >= 15 is 0 Å². The van der Waals surface area contributed by atoms with Gasteiger partial charge in [-0.05, 0) is 73.6 Å². The third-order valence-electron chi connectivity index (χ3n) is 8.84. The number of piperidine rings is 1. The molecule has 1 unspecified atom stereocenters. The monoisotopic (exact) mass is 565 g/mol. The number of nitrogens with zero attached hydrogens (tertiary/aromatic N) is 3. The number of benzene rings is 2. The number of halogens is 3. The maximum Gasteiger partial charge on any atom is 0.471 e. The van der Waals surface area contributed by atoms with Gasteiger partial charge in [0.2, 0.25) is 5.91 Å². The molecule has 5 rings (SSSR count). The van der Waals surface area contributed by atoms with Crippen LogP contribution in [-0.4, -0.2) is 51.4 Å². The SMILES string of the molecule is C[C@@H]1CC(C(=O)N2CC[C@H](N(Cc3ccnc4ccccc34)C(=O)C(F)(F)F)C[C@H]2Cc2ccccc2)C[C@H](C)C1. The van der Waals surface area contributed by atoms with E-state index in [2.05, 4.69) is 18.8 Å². The van der Waals surface area contributed by atoms with Crippen LogP contribution in [0.4, 0.5) is 13.2 Å². The zero-order chi connectivity index (χ0) is 29.1. The van der Waals surface area contributed by atoms with Crippen molar-refractivity contribution in [3.05, 3.63) is 78.0 Å². The van der Waals surface area contributed by atoms with E-state index < -0.39 is 18.1 Å². The lowest BCUT2D eigenvalue weighted by molar-refractivity contribution is -0.190. The van der Waals surface area contributed by atoms with E-state index in [1.54, 1.807) is 12.3 Å². The van der Waals surface area contributed by atoms with E-state index in [0.29, 0.717) is 48.7 Å². The van der Waals surface area contributed by atoms with Crippen molar-refractivity contribution in [3.63, 3.8) is 0 Å². The minimum absolute atomic E-state index is 0.0698. The normalized spacial score (nSPS) is 25.2. The third-order valence-corrected chi connectivity index (χ3v) is 8.84. The van der Waals surface area contributed by atoms with Crippen LogP contribution >= 0.6 is 0 Å². The van der Waals surface area contributed by atoms with Gasteiger partial charge in [0.05, 0.1) is 5.52 Å². The van der Waals surface area contributed by atoms with Gasteiger partial charge in [-0.3, -0.25) is 14.6 Å². The number of aromatic nitrogens is 1. The first kappa shape index (κ1) is 29.1. The lowest BCUT2D eigenvalue weighted by Gasteiger charge is -2.45. The molecule has 8 heteroatoms. The van der Waals surface area contributed by atoms with Crippen LogP contribution in [0.5, 0.6) is 0 Å². The molecule has 2 aliphatic rings. The summed E-state index contributed by atoms with van der Waals surface area (Å²) in [4.78, 5) is 34.1. The highest BCUT2D eigenvalue weighted by molar-refractivity contribution is 5.85. The summed E-state index contributed by atoms with van der Waals surface area (Å²) in [6.07, 6.45) is 0.496. The van der Waals surface area contributed by atoms with Gasteiger partial charge in [0.1, 0.15) is 0 Å². The highest BCUT2D eigenvalue weighted by atomic mass is 19.4. The summed E-state index contributed by atoms with van der Waals surface area (Å²) in [6, 6.07) is 17.8. The summed E-state index contributed by atoms with van der Waals surface area (Å²) in [7, 11) is 0. The van der Waals surface area contributed by atoms with Crippen molar-refractivity contribution in [1.82, 2.24) is 14.8 Å². The molecule has 41 heavy (non-hydrogen) atoms. The molecule has 2 heterocycles. The lowest BCUT2D eigenvalue weighted by atomic mass is 9.75. The molecule has 218 valence electrons. The van der Waals surface area contributed by atoms with Crippen LogP contribution in [-0.2, 0) is 22.6 Å². The molecule has 1 aliphatic carbocycles. The maximum absolute atomic E-state index is 14.0. The van der Waals surface area contributed by atoms with Gasteiger partial charge in [-0.2, -0.15) is 13.2 Å². The minimum Gasteiger partial charge on any atom is -0.339 e. The number of para-hydroxylation sites is 1. The molecule has 0 bridgehead atoms. The fraction of sp³-hybridized carbons (Fsp3) is 0.485. The standard InChI is InChI=1S/C33H38F3N3O2/c1-22-16-23(2)18-26(17-22)31(40)38-15-13-27(20-28(38)19-24-8-4-3-5-9-24)39(32(41)33(34,35)36)21-25-12-14-37-30-11-7-6-10-29(25)30/h3-12,14,22-23,26-28H,13,15-21H2,1-2H3/t22-,23+,26?,27-,28+/m0/s1. The Hall–Kier alpha value is -3.42. The van der Waals surface area contributed by atoms with E-state index in [9.17, 15) is 22.8 Å². The van der Waals surface area contributed by atoms with Crippen LogP contribution in [0.15, 0.2) is 66.9 Å². The molecule has 1 aliphatic heterocycles. The highest BCUT2D eigenvalue weighted by Crippen LogP contribution is 2.37. The molecule has 2 amide bonds. The van der Waals surface area contributed by atoms with Crippen molar-refractivity contribution in [1.29, 1.82) is 0 Å². The van der Waals surface area contributed by atoms with Crippen molar-refractivity contribution in [3.8, 4) is 0 Å². The van der Waals surface area contributed by atoms with Gasteiger partial charge in [0.25, 0.3) is 0 Å². The van der Waals surface area contributed by atoms with Crippen molar-refractivity contribution in [2.24, 2.45) is 17.8 Å². The fourth-order valence-corrected chi connectivity index (χ4v) is 7.07. The molecule has 5 atom stereocenters. The molecule has 0 N–H and O–H groups in total. The second kappa shape index (κ2) is 12.2. The highest BCUT2D eigenvalue weighted by Gasteiger charge is 2.47. The Labute approximate surface area is 239 Å². The first-order valence-corrected chi connectivity index (χ1v) is 14.6. The lowest BCUT2D eigenvalue weighted by Crippen LogP contribution is -2.56. The number of fused-ring (bicyclic) bond motifs is 1. The molecule has 0 spiro atoms. The number of rotatable bonds is 6. The van der Waals surface area contributed by atoms with E-state index in [0.717, 1.165) is 35.1 Å². The van der Waals surface area contributed by atoms with Gasteiger partial charge in [-0.1, -0.05) is 62.4 Å². The number of carbonyl (C=O) groups is 2. The van der Waals surface area contributed by atoms with Crippen LogP contribution in [0.3, 0.4) is 0 Å². The number of alkyl halides is 3. The Bertz CT molecular complexity index is 1350. The Morgan fingerprint density at radius 1 is 0.927 bits per heavy atom. The topological polar surface area (TPSA) is 53.5 Å². The second-order valence-electron chi connectivity index (χ2n) is 12.1. The van der Waals surface area contributed by atoms with Gasteiger partial charge in [-0.25, -0.2) is 0 Å². The summed E-state index contributed by atoms with van der Waals surface area (Å²) in [5.74, 6) is -0.867. The molecule has 2 aromatic carbocycles. The van der Waals surface area contributed by atoms with Gasteiger partial charge in [-0.15, -0.1) is 0 Å². The van der Waals surface area contributed by atoms with Gasteiger partial charge < -0.3 is 9.80 Å². The van der Waals surface area contributed by atoms with Crippen molar-refractivity contribution in [2.45, 2.75) is 77.2 Å². The average molecular weight is 566 g/mol. The van der Waals surface area contributed by atoms with Crippen molar-refractivity contribution < 1.29 is 22.8 Å². The van der Waals surface area contributed by atoms with E-state index in [1.807, 2.05) is 59.5 Å². The van der Waals surface area contributed by atoms with Crippen LogP contribution in [0.1, 0.15) is 57.1 Å². The number of carbonyl (C=O) groups excluding carboxylic acids is 2. The zero-order valence-electron chi connectivity index (χ0n) is 23.7. The molecule has 2 fully saturated rings. The summed E-state index contributed by atoms with van der Waals surface area (Å²) < 4.78 is 41.9. The van der Waals surface area contributed by atoms with Crippen LogP contribution in [0, 0.1) is 17.8 Å². The minimum atomic E-state index is -5.00. The molecular weight excluding hydrogens is 527 g/mol. The van der Waals surface area contributed by atoms with E-state index in [-0.39, 0.29) is 24.4 Å². The summed E-state index contributed by atoms with van der Waals surface area (Å²) in [6.45, 7) is 4.54. The van der Waals surface area contributed by atoms with Crippen molar-refractivity contribution >= 4 is 22.7 Å². The van der Waals surface area contributed by atoms with Crippen LogP contribution < -0.4 is 0 Å². The molecule has 1 aromatic heterocycles. The number of amides is 2. The van der Waals surface area contributed by atoms with Gasteiger partial charge in [0.15, 0.2) is 0 Å². The smallest absolute Gasteiger partial charge is 0.339 e. The predicted octanol–water partition coefficient (Wildman–Crippen LogP) is 6.80. The summed E-state index contributed by atoms with van der Waals surface area (Å²) in [5, 5.41) is 0.726. The first-order chi connectivity index (χ1) is 19.6. The van der Waals surface area contributed by atoms with E-state index in [1.165, 1.54) is 0 Å². The summed E-state index contributed by atoms with van der Waals surface area (Å²) >= 11 is 0. The molecule has 5 nitrogen and oxygen atoms in total. The number of likely N-dealkylation sites (tertiary alicyclic amines) is 1. The zero-order valence-corrected chi connectivity index (χ0v) is 23.7. The second-order valence-corrected chi connectivity index (χ2v) is 12.1. The first-order valence-electron chi connectivity index (χ1n) is 14.6. The van der Waals surface area contributed by atoms with Crippen LogP contribution in [0.2, 0.25) is 0 Å². The Balaban J connectivity index is 1.44. The van der Waals surface area contributed by atoms with Crippen molar-refractivity contribution in [2.75, 3.05) is 6.54 Å². The van der Waals surface area contributed by atoms with Crippen LogP contribution in [0.25, 0.3) is 10.9 Å². The number of hydrogen-bond acceptors (Lipinski definition) is 3.